The van der Waals surface area contributed by atoms with E-state index in [2.05, 4.69) is 16.0 Å². The molecule has 4 aromatic rings. The van der Waals surface area contributed by atoms with Crippen LogP contribution in [0, 0.1) is 5.82 Å². The van der Waals surface area contributed by atoms with E-state index in [9.17, 15) is 18.8 Å². The van der Waals surface area contributed by atoms with Gasteiger partial charge in [-0.1, -0.05) is 36.4 Å². The Morgan fingerprint density at radius 1 is 0.611 bits per heavy atom. The molecular weight excluding hydrogens is 457 g/mol. The molecule has 1 atom stereocenters. The lowest BCUT2D eigenvalue weighted by Gasteiger charge is -2.16. The quantitative estimate of drug-likeness (QED) is 0.311. The molecule has 0 spiro atoms. The van der Waals surface area contributed by atoms with Crippen molar-refractivity contribution in [3.63, 3.8) is 0 Å². The molecule has 4 rings (SSSR count). The first-order chi connectivity index (χ1) is 17.4. The van der Waals surface area contributed by atoms with Crippen LogP contribution in [0.2, 0.25) is 0 Å². The monoisotopic (exact) mass is 481 g/mol. The molecule has 0 bridgehead atoms. The molecule has 36 heavy (non-hydrogen) atoms. The lowest BCUT2D eigenvalue weighted by Crippen LogP contribution is -2.27. The van der Waals surface area contributed by atoms with Gasteiger partial charge < -0.3 is 16.0 Å². The molecule has 3 amide bonds. The smallest absolute Gasteiger partial charge is 0.255 e. The van der Waals surface area contributed by atoms with Crippen LogP contribution in [0.4, 0.5) is 15.8 Å². The van der Waals surface area contributed by atoms with E-state index in [-0.39, 0.29) is 17.9 Å². The van der Waals surface area contributed by atoms with E-state index in [0.717, 1.165) is 5.56 Å². The van der Waals surface area contributed by atoms with Crippen molar-refractivity contribution >= 4 is 29.1 Å². The van der Waals surface area contributed by atoms with Gasteiger partial charge in [-0.05, 0) is 79.2 Å². The fourth-order valence-electron chi connectivity index (χ4n) is 3.58. The summed E-state index contributed by atoms with van der Waals surface area (Å²) < 4.78 is 13.1. The molecule has 1 unspecified atom stereocenters. The Morgan fingerprint density at radius 2 is 1.17 bits per heavy atom. The maximum Gasteiger partial charge on any atom is 0.255 e. The van der Waals surface area contributed by atoms with Crippen LogP contribution in [0.1, 0.15) is 49.6 Å². The zero-order valence-electron chi connectivity index (χ0n) is 19.5. The number of halogens is 1. The number of anilines is 2. The number of amides is 3. The maximum absolute atomic E-state index is 13.1. The van der Waals surface area contributed by atoms with Gasteiger partial charge in [-0.3, -0.25) is 14.4 Å². The second-order valence-electron chi connectivity index (χ2n) is 8.18. The molecule has 0 aliphatic carbocycles. The molecule has 0 aliphatic heterocycles. The molecule has 0 saturated heterocycles. The van der Waals surface area contributed by atoms with Gasteiger partial charge in [0.05, 0.1) is 6.04 Å². The highest BCUT2D eigenvalue weighted by atomic mass is 19.1. The predicted octanol–water partition coefficient (Wildman–Crippen LogP) is 5.82. The Hall–Kier alpha value is -4.78. The maximum atomic E-state index is 13.1. The number of carbonyl (C=O) groups is 3. The van der Waals surface area contributed by atoms with Crippen LogP contribution in [-0.4, -0.2) is 17.7 Å². The van der Waals surface area contributed by atoms with E-state index in [4.69, 9.17) is 0 Å². The Morgan fingerprint density at radius 3 is 1.83 bits per heavy atom. The van der Waals surface area contributed by atoms with Gasteiger partial charge >= 0.3 is 0 Å². The number of carbonyl (C=O) groups excluding carboxylic acids is 3. The van der Waals surface area contributed by atoms with Gasteiger partial charge in [-0.15, -0.1) is 0 Å². The van der Waals surface area contributed by atoms with Crippen molar-refractivity contribution in [2.75, 3.05) is 10.6 Å². The summed E-state index contributed by atoms with van der Waals surface area (Å²) in [7, 11) is 0. The Bertz CT molecular complexity index is 1390. The van der Waals surface area contributed by atoms with E-state index in [1.54, 1.807) is 54.6 Å². The minimum absolute atomic E-state index is 0.219. The molecular formula is C29H24FN3O3. The largest absolute Gasteiger partial charge is 0.346 e. The summed E-state index contributed by atoms with van der Waals surface area (Å²) in [5.41, 5.74) is 3.10. The highest BCUT2D eigenvalue weighted by Gasteiger charge is 2.14. The Balaban J connectivity index is 1.40. The lowest BCUT2D eigenvalue weighted by atomic mass is 10.1. The molecule has 6 nitrogen and oxygen atoms in total. The topological polar surface area (TPSA) is 87.3 Å². The number of nitrogens with one attached hydrogen (secondary N) is 3. The van der Waals surface area contributed by atoms with Crippen LogP contribution in [0.5, 0.6) is 0 Å². The number of hydrogen-bond acceptors (Lipinski definition) is 3. The van der Waals surface area contributed by atoms with Gasteiger partial charge in [0.2, 0.25) is 0 Å². The highest BCUT2D eigenvalue weighted by molar-refractivity contribution is 6.05. The average Bonchev–Trinajstić information content (AvgIpc) is 2.89. The van der Waals surface area contributed by atoms with Gasteiger partial charge in [0.15, 0.2) is 0 Å². The van der Waals surface area contributed by atoms with Crippen molar-refractivity contribution < 1.29 is 18.8 Å². The normalized spacial score (nSPS) is 11.3. The first-order valence-electron chi connectivity index (χ1n) is 11.3. The minimum Gasteiger partial charge on any atom is -0.346 e. The lowest BCUT2D eigenvalue weighted by molar-refractivity contribution is 0.0938. The SMILES string of the molecule is CC(NC(=O)c1cccc(NC(=O)c2ccc(F)cc2)c1)c1cccc(NC(=O)c2ccccc2)c1. The highest BCUT2D eigenvalue weighted by Crippen LogP contribution is 2.20. The molecule has 0 aromatic heterocycles. The molecule has 7 heteroatoms. The third kappa shape index (κ3) is 6.21. The summed E-state index contributed by atoms with van der Waals surface area (Å²) in [6, 6.07) is 27.6. The zero-order valence-corrected chi connectivity index (χ0v) is 19.5. The summed E-state index contributed by atoms with van der Waals surface area (Å²) in [6.07, 6.45) is 0. The molecule has 0 heterocycles. The first-order valence-corrected chi connectivity index (χ1v) is 11.3. The van der Waals surface area contributed by atoms with Crippen LogP contribution in [0.15, 0.2) is 103 Å². The van der Waals surface area contributed by atoms with Crippen molar-refractivity contribution in [2.45, 2.75) is 13.0 Å². The van der Waals surface area contributed by atoms with Gasteiger partial charge in [0.25, 0.3) is 17.7 Å². The first kappa shape index (κ1) is 24.3. The van der Waals surface area contributed by atoms with E-state index in [1.807, 2.05) is 31.2 Å². The second-order valence-corrected chi connectivity index (χ2v) is 8.18. The summed E-state index contributed by atoms with van der Waals surface area (Å²) in [5.74, 6) is -1.37. The van der Waals surface area contributed by atoms with Gasteiger partial charge in [-0.25, -0.2) is 4.39 Å². The third-order valence-corrected chi connectivity index (χ3v) is 5.52. The second kappa shape index (κ2) is 11.1. The Labute approximate surface area is 208 Å². The van der Waals surface area contributed by atoms with Gasteiger partial charge in [0, 0.05) is 28.1 Å². The van der Waals surface area contributed by atoms with E-state index >= 15 is 0 Å². The zero-order chi connectivity index (χ0) is 25.5. The molecule has 0 aliphatic rings. The fourth-order valence-corrected chi connectivity index (χ4v) is 3.58. The van der Waals surface area contributed by atoms with Crippen LogP contribution < -0.4 is 16.0 Å². The summed E-state index contributed by atoms with van der Waals surface area (Å²) in [6.45, 7) is 1.84. The fraction of sp³-hybridized carbons (Fsp3) is 0.0690. The van der Waals surface area contributed by atoms with E-state index in [0.29, 0.717) is 28.1 Å². The number of benzene rings is 4. The van der Waals surface area contributed by atoms with Crippen LogP contribution in [-0.2, 0) is 0 Å². The summed E-state index contributed by atoms with van der Waals surface area (Å²) >= 11 is 0. The predicted molar refractivity (Wildman–Crippen MR) is 138 cm³/mol. The van der Waals surface area contributed by atoms with Crippen molar-refractivity contribution in [3.8, 4) is 0 Å². The summed E-state index contributed by atoms with van der Waals surface area (Å²) in [4.78, 5) is 37.7. The van der Waals surface area contributed by atoms with Crippen molar-refractivity contribution in [2.24, 2.45) is 0 Å². The van der Waals surface area contributed by atoms with Gasteiger partial charge in [-0.2, -0.15) is 0 Å². The molecule has 0 radical (unpaired) electrons. The number of rotatable bonds is 7. The molecule has 3 N–H and O–H groups in total. The average molecular weight is 482 g/mol. The van der Waals surface area contributed by atoms with Crippen molar-refractivity contribution in [3.05, 3.63) is 131 Å². The van der Waals surface area contributed by atoms with Crippen LogP contribution >= 0.6 is 0 Å². The van der Waals surface area contributed by atoms with E-state index in [1.165, 1.54) is 24.3 Å². The van der Waals surface area contributed by atoms with E-state index < -0.39 is 11.7 Å². The molecule has 0 fully saturated rings. The van der Waals surface area contributed by atoms with Crippen LogP contribution in [0.25, 0.3) is 0 Å². The van der Waals surface area contributed by atoms with Crippen molar-refractivity contribution in [1.29, 1.82) is 0 Å². The standard InChI is InChI=1S/C29H24FN3O3/c1-19(22-9-5-11-25(17-22)32-27(34)20-7-3-2-4-8-20)31-29(36)23-10-6-12-26(18-23)33-28(35)21-13-15-24(30)16-14-21/h2-19H,1H3,(H,31,36)(H,32,34)(H,33,35). The third-order valence-electron chi connectivity index (χ3n) is 5.52. The minimum atomic E-state index is -0.427. The number of hydrogen-bond donors (Lipinski definition) is 3. The molecule has 180 valence electrons. The molecule has 0 saturated carbocycles. The summed E-state index contributed by atoms with van der Waals surface area (Å²) in [5, 5.41) is 8.52. The van der Waals surface area contributed by atoms with Crippen LogP contribution in [0.3, 0.4) is 0 Å². The van der Waals surface area contributed by atoms with Crippen molar-refractivity contribution in [1.82, 2.24) is 5.32 Å². The molecule has 4 aromatic carbocycles. The van der Waals surface area contributed by atoms with Gasteiger partial charge in [0.1, 0.15) is 5.82 Å². The Kier molecular flexibility index (Phi) is 7.51.